The molecule has 2 aromatic rings. The Bertz CT molecular complexity index is 854. The van der Waals surface area contributed by atoms with Crippen molar-refractivity contribution in [2.75, 3.05) is 13.1 Å². The Morgan fingerprint density at radius 2 is 1.69 bits per heavy atom. The maximum Gasteiger partial charge on any atom is 0.417 e. The molecule has 1 aliphatic heterocycles. The smallest absolute Gasteiger partial charge is 0.297 e. The van der Waals surface area contributed by atoms with Crippen LogP contribution in [0.1, 0.15) is 17.5 Å². The number of hydrogen-bond donors (Lipinski definition) is 1. The predicted molar refractivity (Wildman–Crippen MR) is 91.9 cm³/mol. The number of halogens is 3. The Kier molecular flexibility index (Phi) is 5.36. The molecule has 1 N–H and O–H groups in total. The number of benzene rings is 2. The van der Waals surface area contributed by atoms with Crippen molar-refractivity contribution in [3.63, 3.8) is 0 Å². The lowest BCUT2D eigenvalue weighted by molar-refractivity contribution is -0.139. The SMILES string of the molecule is O=S(=O)(N[C@@H]1CCN(Cc2ccccc2)C1)c1ccccc1C(F)(F)F. The fourth-order valence-corrected chi connectivity index (χ4v) is 4.62. The summed E-state index contributed by atoms with van der Waals surface area (Å²) in [6.45, 7) is 1.82. The number of likely N-dealkylation sites (tertiary alicyclic amines) is 1. The lowest BCUT2D eigenvalue weighted by Crippen LogP contribution is -2.37. The zero-order chi connectivity index (χ0) is 18.8. The highest BCUT2D eigenvalue weighted by atomic mass is 32.2. The molecule has 1 saturated heterocycles. The van der Waals surface area contributed by atoms with Crippen LogP contribution in [0.5, 0.6) is 0 Å². The molecule has 26 heavy (non-hydrogen) atoms. The van der Waals surface area contributed by atoms with Gasteiger partial charge in [0.15, 0.2) is 0 Å². The van der Waals surface area contributed by atoms with E-state index >= 15 is 0 Å². The molecule has 0 aromatic heterocycles. The lowest BCUT2D eigenvalue weighted by atomic mass is 10.2. The standard InChI is InChI=1S/C18H19F3N2O2S/c19-18(20,21)16-8-4-5-9-17(16)26(24,25)22-15-10-11-23(13-15)12-14-6-2-1-3-7-14/h1-9,15,22H,10-13H2/t15-/m1/s1. The molecule has 140 valence electrons. The number of hydrogen-bond acceptors (Lipinski definition) is 3. The summed E-state index contributed by atoms with van der Waals surface area (Å²) in [5.41, 5.74) is -0.0370. The van der Waals surface area contributed by atoms with E-state index in [1.165, 1.54) is 12.1 Å². The van der Waals surface area contributed by atoms with Gasteiger partial charge in [-0.25, -0.2) is 13.1 Å². The van der Waals surface area contributed by atoms with Gasteiger partial charge in [-0.2, -0.15) is 13.2 Å². The minimum absolute atomic E-state index is 0.412. The highest BCUT2D eigenvalue weighted by molar-refractivity contribution is 7.89. The summed E-state index contributed by atoms with van der Waals surface area (Å²) >= 11 is 0. The molecule has 0 aliphatic carbocycles. The summed E-state index contributed by atoms with van der Waals surface area (Å²) in [6, 6.07) is 13.6. The molecule has 0 amide bonds. The molecule has 1 heterocycles. The molecular weight excluding hydrogens is 365 g/mol. The van der Waals surface area contributed by atoms with Gasteiger partial charge in [-0.15, -0.1) is 0 Å². The minimum Gasteiger partial charge on any atom is -0.297 e. The third kappa shape index (κ3) is 4.44. The third-order valence-electron chi connectivity index (χ3n) is 4.33. The first-order valence-electron chi connectivity index (χ1n) is 8.20. The van der Waals surface area contributed by atoms with Crippen LogP contribution in [0.3, 0.4) is 0 Å². The molecule has 3 rings (SSSR count). The molecule has 4 nitrogen and oxygen atoms in total. The summed E-state index contributed by atoms with van der Waals surface area (Å²) < 4.78 is 66.7. The van der Waals surface area contributed by atoms with Crippen molar-refractivity contribution >= 4 is 10.0 Å². The topological polar surface area (TPSA) is 49.4 Å². The van der Waals surface area contributed by atoms with Gasteiger partial charge < -0.3 is 0 Å². The zero-order valence-corrected chi connectivity index (χ0v) is 14.7. The highest BCUT2D eigenvalue weighted by Crippen LogP contribution is 2.34. The normalized spacial score (nSPS) is 19.0. The van der Waals surface area contributed by atoms with Crippen molar-refractivity contribution in [2.24, 2.45) is 0 Å². The molecule has 2 aromatic carbocycles. The van der Waals surface area contributed by atoms with Crippen molar-refractivity contribution in [1.29, 1.82) is 0 Å². The summed E-state index contributed by atoms with van der Waals surface area (Å²) in [7, 11) is -4.25. The van der Waals surface area contributed by atoms with Gasteiger partial charge >= 0.3 is 6.18 Å². The van der Waals surface area contributed by atoms with Crippen LogP contribution in [0.15, 0.2) is 59.5 Å². The first kappa shape index (κ1) is 18.9. The van der Waals surface area contributed by atoms with Gasteiger partial charge in [0.1, 0.15) is 0 Å². The Labute approximate surface area is 150 Å². The minimum atomic E-state index is -4.72. The molecule has 0 unspecified atom stereocenters. The van der Waals surface area contributed by atoms with Crippen LogP contribution >= 0.6 is 0 Å². The van der Waals surface area contributed by atoms with Crippen LogP contribution < -0.4 is 4.72 Å². The van der Waals surface area contributed by atoms with E-state index in [-0.39, 0.29) is 0 Å². The van der Waals surface area contributed by atoms with Crippen LogP contribution in [0.2, 0.25) is 0 Å². The van der Waals surface area contributed by atoms with Crippen LogP contribution in [-0.4, -0.2) is 32.4 Å². The van der Waals surface area contributed by atoms with Crippen molar-refractivity contribution in [1.82, 2.24) is 9.62 Å². The van der Waals surface area contributed by atoms with Crippen molar-refractivity contribution in [3.8, 4) is 0 Å². The monoisotopic (exact) mass is 384 g/mol. The van der Waals surface area contributed by atoms with E-state index in [2.05, 4.69) is 9.62 Å². The largest absolute Gasteiger partial charge is 0.417 e. The molecule has 0 spiro atoms. The van der Waals surface area contributed by atoms with Gasteiger partial charge in [0.25, 0.3) is 0 Å². The molecule has 8 heteroatoms. The van der Waals surface area contributed by atoms with E-state index in [1.807, 2.05) is 30.3 Å². The number of rotatable bonds is 5. The lowest BCUT2D eigenvalue weighted by Gasteiger charge is -2.18. The number of sulfonamides is 1. The van der Waals surface area contributed by atoms with E-state index in [9.17, 15) is 21.6 Å². The maximum absolute atomic E-state index is 13.1. The molecule has 0 radical (unpaired) electrons. The molecule has 1 fully saturated rings. The summed E-state index contributed by atoms with van der Waals surface area (Å²) in [5.74, 6) is 0. The second kappa shape index (κ2) is 7.38. The van der Waals surface area contributed by atoms with Crippen molar-refractivity contribution in [3.05, 3.63) is 65.7 Å². The van der Waals surface area contributed by atoms with Crippen LogP contribution in [0.4, 0.5) is 13.2 Å². The second-order valence-corrected chi connectivity index (χ2v) is 8.00. The van der Waals surface area contributed by atoms with Gasteiger partial charge in [0.2, 0.25) is 10.0 Å². The summed E-state index contributed by atoms with van der Waals surface area (Å²) in [4.78, 5) is 1.35. The molecular formula is C18H19F3N2O2S. The number of alkyl halides is 3. The van der Waals surface area contributed by atoms with Crippen LogP contribution in [0.25, 0.3) is 0 Å². The maximum atomic E-state index is 13.1. The summed E-state index contributed by atoms with van der Waals surface area (Å²) in [6.07, 6.45) is -4.17. The highest BCUT2D eigenvalue weighted by Gasteiger charge is 2.38. The average Bonchev–Trinajstić information content (AvgIpc) is 3.01. The van der Waals surface area contributed by atoms with Gasteiger partial charge in [-0.3, -0.25) is 4.90 Å². The predicted octanol–water partition coefficient (Wildman–Crippen LogP) is 3.26. The van der Waals surface area contributed by atoms with Gasteiger partial charge in [0, 0.05) is 25.7 Å². The van der Waals surface area contributed by atoms with E-state index in [1.54, 1.807) is 0 Å². The molecule has 0 bridgehead atoms. The van der Waals surface area contributed by atoms with E-state index < -0.39 is 32.7 Å². The van der Waals surface area contributed by atoms with E-state index in [4.69, 9.17) is 0 Å². The van der Waals surface area contributed by atoms with Gasteiger partial charge in [-0.1, -0.05) is 42.5 Å². The van der Waals surface area contributed by atoms with Crippen LogP contribution in [-0.2, 0) is 22.7 Å². The third-order valence-corrected chi connectivity index (χ3v) is 5.90. The van der Waals surface area contributed by atoms with E-state index in [0.29, 0.717) is 26.1 Å². The van der Waals surface area contributed by atoms with Crippen molar-refractivity contribution < 1.29 is 21.6 Å². The zero-order valence-electron chi connectivity index (χ0n) is 13.9. The number of nitrogens with zero attached hydrogens (tertiary/aromatic N) is 1. The van der Waals surface area contributed by atoms with Gasteiger partial charge in [0.05, 0.1) is 10.5 Å². The second-order valence-electron chi connectivity index (χ2n) is 6.32. The van der Waals surface area contributed by atoms with Crippen molar-refractivity contribution in [2.45, 2.75) is 30.1 Å². The quantitative estimate of drug-likeness (QED) is 0.861. The van der Waals surface area contributed by atoms with Gasteiger partial charge in [-0.05, 0) is 24.1 Å². The molecule has 1 aliphatic rings. The Balaban J connectivity index is 1.70. The fraction of sp³-hybridized carbons (Fsp3) is 0.333. The first-order chi connectivity index (χ1) is 12.3. The molecule has 1 atom stereocenters. The Morgan fingerprint density at radius 3 is 2.38 bits per heavy atom. The fourth-order valence-electron chi connectivity index (χ4n) is 3.13. The van der Waals surface area contributed by atoms with Crippen LogP contribution in [0, 0.1) is 0 Å². The Morgan fingerprint density at radius 1 is 1.04 bits per heavy atom. The average molecular weight is 384 g/mol. The first-order valence-corrected chi connectivity index (χ1v) is 9.69. The van der Waals surface area contributed by atoms with E-state index in [0.717, 1.165) is 17.7 Å². The summed E-state index contributed by atoms with van der Waals surface area (Å²) in [5, 5.41) is 0. The molecule has 0 saturated carbocycles. The Hall–Kier alpha value is -1.90. The number of nitrogens with one attached hydrogen (secondary N) is 1.